The van der Waals surface area contributed by atoms with Gasteiger partial charge in [0, 0.05) is 13.2 Å². The molecule has 0 aliphatic carbocycles. The van der Waals surface area contributed by atoms with E-state index in [1.165, 1.54) is 0 Å². The Balaban J connectivity index is 2.04. The van der Waals surface area contributed by atoms with Crippen LogP contribution in [0.3, 0.4) is 0 Å². The second-order valence-corrected chi connectivity index (χ2v) is 4.45. The highest BCUT2D eigenvalue weighted by molar-refractivity contribution is 5.40. The maximum absolute atomic E-state index is 5.79. The number of methoxy groups -OCH3 is 1. The molecule has 0 saturated heterocycles. The Hall–Kier alpha value is -2.00. The molecule has 2 rings (SSSR count). The van der Waals surface area contributed by atoms with Crippen LogP contribution in [0.15, 0.2) is 48.5 Å². The number of hydrogen-bond acceptors (Lipinski definition) is 3. The molecule has 3 nitrogen and oxygen atoms in total. The zero-order valence-electron chi connectivity index (χ0n) is 12.0. The van der Waals surface area contributed by atoms with E-state index < -0.39 is 0 Å². The summed E-state index contributed by atoms with van der Waals surface area (Å²) in [4.78, 5) is 0. The maximum atomic E-state index is 5.79. The number of aryl methyl sites for hydroxylation is 1. The number of ether oxygens (including phenoxy) is 3. The van der Waals surface area contributed by atoms with Gasteiger partial charge in [-0.05, 0) is 23.6 Å². The predicted octanol–water partition coefficient (Wildman–Crippen LogP) is 3.81. The Kier molecular flexibility index (Phi) is 5.44. The molecule has 2 aromatic carbocycles. The third-order valence-corrected chi connectivity index (χ3v) is 3.00. The van der Waals surface area contributed by atoms with Gasteiger partial charge in [-0.2, -0.15) is 0 Å². The van der Waals surface area contributed by atoms with Crippen LogP contribution < -0.4 is 9.47 Å². The molecule has 0 unspecified atom stereocenters. The smallest absolute Gasteiger partial charge is 0.188 e. The SMILES string of the molecule is CCc1ccc(OCc2ccccc2)cc1OCOC. The van der Waals surface area contributed by atoms with Gasteiger partial charge in [-0.3, -0.25) is 0 Å². The van der Waals surface area contributed by atoms with Crippen molar-refractivity contribution in [2.75, 3.05) is 13.9 Å². The Morgan fingerprint density at radius 2 is 1.75 bits per heavy atom. The van der Waals surface area contributed by atoms with Crippen LogP contribution in [0.2, 0.25) is 0 Å². The van der Waals surface area contributed by atoms with E-state index in [4.69, 9.17) is 14.2 Å². The standard InChI is InChI=1S/C17H20O3/c1-3-15-9-10-16(11-17(15)20-13-18-2)19-12-14-7-5-4-6-8-14/h4-11H,3,12-13H2,1-2H3. The highest BCUT2D eigenvalue weighted by Crippen LogP contribution is 2.26. The first-order valence-electron chi connectivity index (χ1n) is 6.75. The summed E-state index contributed by atoms with van der Waals surface area (Å²) in [6.45, 7) is 2.89. The van der Waals surface area contributed by atoms with Crippen LogP contribution >= 0.6 is 0 Å². The lowest BCUT2D eigenvalue weighted by Crippen LogP contribution is -2.02. The molecule has 0 saturated carbocycles. The van der Waals surface area contributed by atoms with Crippen LogP contribution in [-0.2, 0) is 17.8 Å². The van der Waals surface area contributed by atoms with E-state index in [9.17, 15) is 0 Å². The van der Waals surface area contributed by atoms with Crippen LogP contribution in [0, 0.1) is 0 Å². The van der Waals surface area contributed by atoms with Gasteiger partial charge in [0.2, 0.25) is 0 Å². The van der Waals surface area contributed by atoms with E-state index in [1.54, 1.807) is 7.11 Å². The van der Waals surface area contributed by atoms with Gasteiger partial charge in [-0.1, -0.05) is 43.3 Å². The normalized spacial score (nSPS) is 10.3. The summed E-state index contributed by atoms with van der Waals surface area (Å²) in [6, 6.07) is 16.0. The fourth-order valence-electron chi connectivity index (χ4n) is 1.91. The fourth-order valence-corrected chi connectivity index (χ4v) is 1.91. The van der Waals surface area contributed by atoms with Gasteiger partial charge in [0.05, 0.1) is 0 Å². The Morgan fingerprint density at radius 3 is 2.45 bits per heavy atom. The first kappa shape index (κ1) is 14.4. The monoisotopic (exact) mass is 272 g/mol. The minimum Gasteiger partial charge on any atom is -0.489 e. The average Bonchev–Trinajstić information content (AvgIpc) is 2.52. The van der Waals surface area contributed by atoms with Gasteiger partial charge in [-0.15, -0.1) is 0 Å². The lowest BCUT2D eigenvalue weighted by atomic mass is 10.1. The quantitative estimate of drug-likeness (QED) is 0.717. The first-order valence-corrected chi connectivity index (χ1v) is 6.75. The number of rotatable bonds is 7. The second kappa shape index (κ2) is 7.56. The molecule has 0 aliphatic rings. The number of hydrogen-bond donors (Lipinski definition) is 0. The maximum Gasteiger partial charge on any atom is 0.188 e. The van der Waals surface area contributed by atoms with Gasteiger partial charge >= 0.3 is 0 Å². The van der Waals surface area contributed by atoms with E-state index in [1.807, 2.05) is 48.5 Å². The third kappa shape index (κ3) is 4.00. The van der Waals surface area contributed by atoms with Gasteiger partial charge < -0.3 is 14.2 Å². The summed E-state index contributed by atoms with van der Waals surface area (Å²) in [7, 11) is 1.61. The Labute approximate surface area is 120 Å². The molecule has 0 spiro atoms. The molecule has 0 fully saturated rings. The van der Waals surface area contributed by atoms with Crippen LogP contribution in [0.1, 0.15) is 18.1 Å². The average molecular weight is 272 g/mol. The minimum absolute atomic E-state index is 0.245. The minimum atomic E-state index is 0.245. The summed E-state index contributed by atoms with van der Waals surface area (Å²) in [5.41, 5.74) is 2.29. The summed E-state index contributed by atoms with van der Waals surface area (Å²) >= 11 is 0. The summed E-state index contributed by atoms with van der Waals surface area (Å²) in [5, 5.41) is 0. The van der Waals surface area contributed by atoms with E-state index in [0.717, 1.165) is 29.0 Å². The van der Waals surface area contributed by atoms with Gasteiger partial charge in [0.25, 0.3) is 0 Å². The highest BCUT2D eigenvalue weighted by atomic mass is 16.7. The molecule has 0 atom stereocenters. The van der Waals surface area contributed by atoms with E-state index >= 15 is 0 Å². The third-order valence-electron chi connectivity index (χ3n) is 3.00. The lowest BCUT2D eigenvalue weighted by Gasteiger charge is -2.12. The van der Waals surface area contributed by atoms with Crippen molar-refractivity contribution in [2.45, 2.75) is 20.0 Å². The van der Waals surface area contributed by atoms with Crippen molar-refractivity contribution in [3.63, 3.8) is 0 Å². The molecular formula is C17H20O3. The number of benzene rings is 2. The summed E-state index contributed by atoms with van der Waals surface area (Å²) < 4.78 is 16.3. The van der Waals surface area contributed by atoms with E-state index in [2.05, 4.69) is 6.92 Å². The zero-order chi connectivity index (χ0) is 14.2. The van der Waals surface area contributed by atoms with Gasteiger partial charge in [-0.25, -0.2) is 0 Å². The molecule has 3 heteroatoms. The molecule has 20 heavy (non-hydrogen) atoms. The molecule has 2 aromatic rings. The van der Waals surface area contributed by atoms with Crippen LogP contribution in [-0.4, -0.2) is 13.9 Å². The largest absolute Gasteiger partial charge is 0.489 e. The van der Waals surface area contributed by atoms with Crippen LogP contribution in [0.5, 0.6) is 11.5 Å². The van der Waals surface area contributed by atoms with E-state index in [-0.39, 0.29) is 6.79 Å². The van der Waals surface area contributed by atoms with Crippen molar-refractivity contribution in [1.29, 1.82) is 0 Å². The van der Waals surface area contributed by atoms with Crippen molar-refractivity contribution < 1.29 is 14.2 Å². The molecular weight excluding hydrogens is 252 g/mol. The highest BCUT2D eigenvalue weighted by Gasteiger charge is 2.05. The van der Waals surface area contributed by atoms with Crippen LogP contribution in [0.25, 0.3) is 0 Å². The zero-order valence-corrected chi connectivity index (χ0v) is 12.0. The Morgan fingerprint density at radius 1 is 0.950 bits per heavy atom. The fraction of sp³-hybridized carbons (Fsp3) is 0.294. The Bertz CT molecular complexity index is 523. The summed E-state index contributed by atoms with van der Waals surface area (Å²) in [5.74, 6) is 1.62. The molecule has 0 bridgehead atoms. The summed E-state index contributed by atoms with van der Waals surface area (Å²) in [6.07, 6.45) is 0.915. The first-order chi connectivity index (χ1) is 9.83. The van der Waals surface area contributed by atoms with Crippen molar-refractivity contribution in [2.24, 2.45) is 0 Å². The molecule has 0 N–H and O–H groups in total. The van der Waals surface area contributed by atoms with Crippen molar-refractivity contribution in [3.8, 4) is 11.5 Å². The van der Waals surface area contributed by atoms with Gasteiger partial charge in [0.15, 0.2) is 6.79 Å². The van der Waals surface area contributed by atoms with Gasteiger partial charge in [0.1, 0.15) is 18.1 Å². The molecule has 106 valence electrons. The molecule has 0 aromatic heterocycles. The van der Waals surface area contributed by atoms with Crippen molar-refractivity contribution in [1.82, 2.24) is 0 Å². The molecule has 0 aliphatic heterocycles. The van der Waals surface area contributed by atoms with Crippen molar-refractivity contribution >= 4 is 0 Å². The van der Waals surface area contributed by atoms with E-state index in [0.29, 0.717) is 6.61 Å². The molecule has 0 amide bonds. The van der Waals surface area contributed by atoms with Crippen molar-refractivity contribution in [3.05, 3.63) is 59.7 Å². The second-order valence-electron chi connectivity index (χ2n) is 4.45. The predicted molar refractivity (Wildman–Crippen MR) is 79.1 cm³/mol. The molecule has 0 heterocycles. The van der Waals surface area contributed by atoms with Crippen LogP contribution in [0.4, 0.5) is 0 Å². The topological polar surface area (TPSA) is 27.7 Å². The molecule has 0 radical (unpaired) electrons. The lowest BCUT2D eigenvalue weighted by molar-refractivity contribution is 0.0502.